The van der Waals surface area contributed by atoms with Gasteiger partial charge in [0.1, 0.15) is 0 Å². The molecule has 0 aliphatic heterocycles. The molecular formula is C16H13ClN2O2S. The number of carbonyl (C=O) groups is 2. The third kappa shape index (κ3) is 2.58. The molecule has 0 radical (unpaired) electrons. The fourth-order valence-electron chi connectivity index (χ4n) is 2.32. The predicted octanol–water partition coefficient (Wildman–Crippen LogP) is 3.60. The molecule has 0 saturated heterocycles. The molecule has 0 unspecified atom stereocenters. The summed E-state index contributed by atoms with van der Waals surface area (Å²) in [5.41, 5.74) is 2.89. The maximum Gasteiger partial charge on any atom is 0.225 e. The number of Topliss-reactive ketones (excluding diaryl/α,β-unsaturated/α-hetero) is 1. The molecule has 2 aromatic rings. The first-order chi connectivity index (χ1) is 10.5. The van der Waals surface area contributed by atoms with Crippen LogP contribution in [0, 0.1) is 0 Å². The lowest BCUT2D eigenvalue weighted by Crippen LogP contribution is -2.22. The van der Waals surface area contributed by atoms with Crippen molar-refractivity contribution in [3.8, 4) is 0 Å². The van der Waals surface area contributed by atoms with Gasteiger partial charge in [0.2, 0.25) is 5.91 Å². The number of aromatic nitrogens is 1. The second-order valence-corrected chi connectivity index (χ2v) is 6.32. The maximum atomic E-state index is 12.4. The number of rotatable bonds is 2. The van der Waals surface area contributed by atoms with Crippen LogP contribution in [0.25, 0.3) is 6.08 Å². The Morgan fingerprint density at radius 1 is 1.45 bits per heavy atom. The Morgan fingerprint density at radius 2 is 2.23 bits per heavy atom. The van der Waals surface area contributed by atoms with Gasteiger partial charge in [-0.2, -0.15) is 0 Å². The fraction of sp³-hybridized carbons (Fsp3) is 0.188. The van der Waals surface area contributed by atoms with Gasteiger partial charge in [-0.3, -0.25) is 14.5 Å². The Hall–Kier alpha value is -1.98. The van der Waals surface area contributed by atoms with Crippen LogP contribution in [0.5, 0.6) is 0 Å². The van der Waals surface area contributed by atoms with Gasteiger partial charge in [-0.25, -0.2) is 4.98 Å². The molecule has 1 aromatic carbocycles. The summed E-state index contributed by atoms with van der Waals surface area (Å²) in [6.45, 7) is 1.48. The highest BCUT2D eigenvalue weighted by atomic mass is 35.5. The number of hydrogen-bond donors (Lipinski definition) is 0. The number of hydrogen-bond acceptors (Lipinski definition) is 4. The summed E-state index contributed by atoms with van der Waals surface area (Å²) in [5.74, 6) is -0.0864. The van der Waals surface area contributed by atoms with E-state index in [1.807, 2.05) is 5.38 Å². The van der Waals surface area contributed by atoms with E-state index in [2.05, 4.69) is 4.98 Å². The third-order valence-corrected chi connectivity index (χ3v) is 4.90. The summed E-state index contributed by atoms with van der Waals surface area (Å²) in [5, 5.41) is 3.06. The van der Waals surface area contributed by atoms with Crippen LogP contribution in [0.2, 0.25) is 5.02 Å². The van der Waals surface area contributed by atoms with Crippen molar-refractivity contribution in [2.24, 2.45) is 0 Å². The van der Waals surface area contributed by atoms with Crippen molar-refractivity contribution < 1.29 is 9.59 Å². The zero-order valence-electron chi connectivity index (χ0n) is 12.1. The molecule has 1 heterocycles. The molecular weight excluding hydrogens is 320 g/mol. The number of amides is 1. The standard InChI is InChI=1S/C16H13ClN2O2S/c1-9(20)19(2)16-18-11(8-22-16)6-10-7-13-12(15(10)21)4-3-5-14(13)17/h3-6,8H,7H2,1-2H3/b10-6-. The first-order valence-corrected chi connectivity index (χ1v) is 7.95. The van der Waals surface area contributed by atoms with Crippen LogP contribution in [0.1, 0.15) is 28.5 Å². The van der Waals surface area contributed by atoms with E-state index < -0.39 is 0 Å². The largest absolute Gasteiger partial charge is 0.291 e. The molecule has 0 spiro atoms. The Labute approximate surface area is 137 Å². The van der Waals surface area contributed by atoms with E-state index >= 15 is 0 Å². The van der Waals surface area contributed by atoms with E-state index in [4.69, 9.17) is 11.6 Å². The molecule has 4 nitrogen and oxygen atoms in total. The highest BCUT2D eigenvalue weighted by Gasteiger charge is 2.26. The Morgan fingerprint density at radius 3 is 2.91 bits per heavy atom. The molecule has 1 aliphatic rings. The summed E-state index contributed by atoms with van der Waals surface area (Å²) in [7, 11) is 1.68. The quantitative estimate of drug-likeness (QED) is 0.789. The predicted molar refractivity (Wildman–Crippen MR) is 88.7 cm³/mol. The van der Waals surface area contributed by atoms with Crippen LogP contribution in [0.3, 0.4) is 0 Å². The van der Waals surface area contributed by atoms with Gasteiger partial charge >= 0.3 is 0 Å². The van der Waals surface area contributed by atoms with Crippen LogP contribution >= 0.6 is 22.9 Å². The Bertz CT molecular complexity index is 810. The molecule has 1 aromatic heterocycles. The average molecular weight is 333 g/mol. The average Bonchev–Trinajstić information content (AvgIpc) is 3.06. The van der Waals surface area contributed by atoms with Crippen LogP contribution < -0.4 is 4.90 Å². The number of ketones is 1. The van der Waals surface area contributed by atoms with Gasteiger partial charge in [-0.15, -0.1) is 11.3 Å². The number of fused-ring (bicyclic) bond motifs is 1. The highest BCUT2D eigenvalue weighted by Crippen LogP contribution is 2.33. The van der Waals surface area contributed by atoms with E-state index in [0.29, 0.717) is 33.4 Å². The minimum Gasteiger partial charge on any atom is -0.291 e. The van der Waals surface area contributed by atoms with Crippen molar-refractivity contribution in [3.05, 3.63) is 51.0 Å². The molecule has 0 fully saturated rings. The second-order valence-electron chi connectivity index (χ2n) is 5.07. The minimum absolute atomic E-state index is 0.00743. The molecule has 0 bridgehead atoms. The molecule has 0 saturated carbocycles. The summed E-state index contributed by atoms with van der Waals surface area (Å²) < 4.78 is 0. The fourth-order valence-corrected chi connectivity index (χ4v) is 3.35. The monoisotopic (exact) mass is 332 g/mol. The molecule has 6 heteroatoms. The van der Waals surface area contributed by atoms with E-state index in [0.717, 1.165) is 5.56 Å². The lowest BCUT2D eigenvalue weighted by molar-refractivity contribution is -0.116. The van der Waals surface area contributed by atoms with Crippen molar-refractivity contribution >= 4 is 45.8 Å². The molecule has 3 rings (SSSR count). The number of halogens is 1. The van der Waals surface area contributed by atoms with Crippen molar-refractivity contribution in [1.82, 2.24) is 4.98 Å². The zero-order valence-corrected chi connectivity index (χ0v) is 13.7. The molecule has 22 heavy (non-hydrogen) atoms. The minimum atomic E-state index is -0.0790. The van der Waals surface area contributed by atoms with E-state index in [-0.39, 0.29) is 11.7 Å². The van der Waals surface area contributed by atoms with Crippen LogP contribution in [0.4, 0.5) is 5.13 Å². The zero-order chi connectivity index (χ0) is 15.9. The van der Waals surface area contributed by atoms with Crippen molar-refractivity contribution in [3.63, 3.8) is 0 Å². The SMILES string of the molecule is CC(=O)N(C)c1nc(/C=C2/Cc3c(Cl)cccc3C2=O)cs1. The Balaban J connectivity index is 1.90. The van der Waals surface area contributed by atoms with E-state index in [1.165, 1.54) is 23.2 Å². The molecule has 112 valence electrons. The Kier molecular flexibility index (Phi) is 3.85. The van der Waals surface area contributed by atoms with Crippen molar-refractivity contribution in [2.75, 3.05) is 11.9 Å². The summed E-state index contributed by atoms with van der Waals surface area (Å²) in [6.07, 6.45) is 2.29. The van der Waals surface area contributed by atoms with Gasteiger partial charge < -0.3 is 0 Å². The number of nitrogens with zero attached hydrogens (tertiary/aromatic N) is 2. The molecule has 1 amide bonds. The van der Waals surface area contributed by atoms with Gasteiger partial charge in [0, 0.05) is 41.9 Å². The van der Waals surface area contributed by atoms with Crippen LogP contribution in [-0.2, 0) is 11.2 Å². The third-order valence-electron chi connectivity index (χ3n) is 3.61. The summed E-state index contributed by atoms with van der Waals surface area (Å²) >= 11 is 7.52. The highest BCUT2D eigenvalue weighted by molar-refractivity contribution is 7.14. The number of carbonyl (C=O) groups excluding carboxylic acids is 2. The topological polar surface area (TPSA) is 50.3 Å². The van der Waals surface area contributed by atoms with Gasteiger partial charge in [-0.05, 0) is 17.7 Å². The number of benzene rings is 1. The molecule has 1 aliphatic carbocycles. The van der Waals surface area contributed by atoms with E-state index in [1.54, 1.807) is 31.3 Å². The number of anilines is 1. The lowest BCUT2D eigenvalue weighted by atomic mass is 10.1. The van der Waals surface area contributed by atoms with Gasteiger partial charge in [0.15, 0.2) is 10.9 Å². The van der Waals surface area contributed by atoms with E-state index in [9.17, 15) is 9.59 Å². The molecule has 0 N–H and O–H groups in total. The number of thiazole rings is 1. The summed E-state index contributed by atoms with van der Waals surface area (Å²) in [6, 6.07) is 5.37. The number of allylic oxidation sites excluding steroid dienone is 1. The first-order valence-electron chi connectivity index (χ1n) is 6.70. The van der Waals surface area contributed by atoms with Crippen molar-refractivity contribution in [1.29, 1.82) is 0 Å². The molecule has 0 atom stereocenters. The van der Waals surface area contributed by atoms with Crippen molar-refractivity contribution in [2.45, 2.75) is 13.3 Å². The van der Waals surface area contributed by atoms with Gasteiger partial charge in [-0.1, -0.05) is 23.7 Å². The second kappa shape index (κ2) is 5.66. The summed E-state index contributed by atoms with van der Waals surface area (Å²) in [4.78, 5) is 29.6. The smallest absolute Gasteiger partial charge is 0.225 e. The van der Waals surface area contributed by atoms with Crippen LogP contribution in [0.15, 0.2) is 29.2 Å². The maximum absolute atomic E-state index is 12.4. The normalized spacial score (nSPS) is 15.2. The van der Waals surface area contributed by atoms with Gasteiger partial charge in [0.05, 0.1) is 5.69 Å². The van der Waals surface area contributed by atoms with Crippen LogP contribution in [-0.4, -0.2) is 23.7 Å². The first kappa shape index (κ1) is 14.9. The van der Waals surface area contributed by atoms with Gasteiger partial charge in [0.25, 0.3) is 0 Å². The lowest BCUT2D eigenvalue weighted by Gasteiger charge is -2.09.